The molecule has 0 aromatic heterocycles. The van der Waals surface area contributed by atoms with Gasteiger partial charge < -0.3 is 15.5 Å². The third kappa shape index (κ3) is 4.66. The first-order valence-electron chi connectivity index (χ1n) is 6.06. The van der Waals surface area contributed by atoms with Crippen LogP contribution in [0, 0.1) is 0 Å². The molecule has 0 aliphatic carbocycles. The van der Waals surface area contributed by atoms with Gasteiger partial charge in [0.05, 0.1) is 0 Å². The number of rotatable bonds is 5. The zero-order valence-corrected chi connectivity index (χ0v) is 11.1. The lowest BCUT2D eigenvalue weighted by molar-refractivity contribution is -0.175. The van der Waals surface area contributed by atoms with Crippen LogP contribution < -0.4 is 5.32 Å². The SMILES string of the molecule is CCc1cc(O)ccc1C[C@H](NC(=O)C(F)(F)F)C(=O)O. The molecule has 3 N–H and O–H groups in total. The molecule has 1 aromatic carbocycles. The van der Waals surface area contributed by atoms with Crippen LogP contribution in [0.15, 0.2) is 18.2 Å². The largest absolute Gasteiger partial charge is 0.508 e. The normalized spacial score (nSPS) is 12.8. The predicted octanol–water partition coefficient (Wildman–Crippen LogP) is 1.63. The minimum absolute atomic E-state index is 0.0261. The quantitative estimate of drug-likeness (QED) is 0.771. The second-order valence-corrected chi connectivity index (χ2v) is 4.37. The van der Waals surface area contributed by atoms with Gasteiger partial charge in [-0.15, -0.1) is 0 Å². The molecular formula is C13H14F3NO4. The Labute approximate surface area is 118 Å². The zero-order chi connectivity index (χ0) is 16.2. The van der Waals surface area contributed by atoms with Crippen molar-refractivity contribution in [2.45, 2.75) is 32.0 Å². The van der Waals surface area contributed by atoms with Crippen LogP contribution in [0.3, 0.4) is 0 Å². The first-order valence-corrected chi connectivity index (χ1v) is 6.06. The molecule has 0 saturated heterocycles. The van der Waals surface area contributed by atoms with Gasteiger partial charge in [-0.05, 0) is 29.7 Å². The van der Waals surface area contributed by atoms with E-state index in [-0.39, 0.29) is 12.2 Å². The maximum absolute atomic E-state index is 12.2. The van der Waals surface area contributed by atoms with Crippen molar-refractivity contribution in [3.63, 3.8) is 0 Å². The highest BCUT2D eigenvalue weighted by molar-refractivity contribution is 5.87. The molecule has 0 unspecified atom stereocenters. The van der Waals surface area contributed by atoms with Crippen molar-refractivity contribution in [3.05, 3.63) is 29.3 Å². The minimum atomic E-state index is -5.14. The summed E-state index contributed by atoms with van der Waals surface area (Å²) in [6.07, 6.45) is -4.99. The van der Waals surface area contributed by atoms with Crippen molar-refractivity contribution in [1.82, 2.24) is 5.32 Å². The Bertz CT molecular complexity index is 543. The van der Waals surface area contributed by atoms with Gasteiger partial charge in [0, 0.05) is 6.42 Å². The van der Waals surface area contributed by atoms with E-state index in [0.29, 0.717) is 17.5 Å². The Morgan fingerprint density at radius 3 is 2.38 bits per heavy atom. The van der Waals surface area contributed by atoms with E-state index in [2.05, 4.69) is 0 Å². The van der Waals surface area contributed by atoms with Gasteiger partial charge >= 0.3 is 18.1 Å². The number of aromatic hydroxyl groups is 1. The van der Waals surface area contributed by atoms with Gasteiger partial charge in [0.1, 0.15) is 11.8 Å². The van der Waals surface area contributed by atoms with Gasteiger partial charge in [-0.25, -0.2) is 4.79 Å². The first-order chi connectivity index (χ1) is 9.65. The molecule has 0 aliphatic rings. The number of alkyl halides is 3. The number of benzene rings is 1. The maximum atomic E-state index is 12.2. The average Bonchev–Trinajstić information content (AvgIpc) is 2.38. The molecule has 0 saturated carbocycles. The van der Waals surface area contributed by atoms with Crippen LogP contribution in [0.5, 0.6) is 5.75 Å². The van der Waals surface area contributed by atoms with Crippen LogP contribution in [0.4, 0.5) is 13.2 Å². The van der Waals surface area contributed by atoms with Gasteiger partial charge in [-0.2, -0.15) is 13.2 Å². The Hall–Kier alpha value is -2.25. The summed E-state index contributed by atoms with van der Waals surface area (Å²) in [7, 11) is 0. The lowest BCUT2D eigenvalue weighted by Crippen LogP contribution is -2.48. The van der Waals surface area contributed by atoms with E-state index in [1.54, 1.807) is 6.92 Å². The molecule has 0 spiro atoms. The van der Waals surface area contributed by atoms with Crippen molar-refractivity contribution in [2.75, 3.05) is 0 Å². The van der Waals surface area contributed by atoms with Gasteiger partial charge in [0.2, 0.25) is 0 Å². The molecule has 116 valence electrons. The molecule has 1 aromatic rings. The number of halogens is 3. The summed E-state index contributed by atoms with van der Waals surface area (Å²) in [6.45, 7) is 1.75. The third-order valence-electron chi connectivity index (χ3n) is 2.86. The van der Waals surface area contributed by atoms with Gasteiger partial charge in [0.15, 0.2) is 0 Å². The summed E-state index contributed by atoms with van der Waals surface area (Å²) in [6, 6.07) is 2.43. The average molecular weight is 305 g/mol. The van der Waals surface area contributed by atoms with E-state index in [1.807, 2.05) is 0 Å². The first kappa shape index (κ1) is 16.8. The number of phenolic OH excluding ortho intramolecular Hbond substituents is 1. The molecule has 0 bridgehead atoms. The Morgan fingerprint density at radius 2 is 1.90 bits per heavy atom. The second-order valence-electron chi connectivity index (χ2n) is 4.37. The number of aryl methyl sites for hydroxylation is 1. The summed E-state index contributed by atoms with van der Waals surface area (Å²) in [5.41, 5.74) is 1.05. The number of hydrogen-bond donors (Lipinski definition) is 3. The molecule has 1 atom stereocenters. The van der Waals surface area contributed by atoms with Crippen molar-refractivity contribution >= 4 is 11.9 Å². The van der Waals surface area contributed by atoms with Gasteiger partial charge in [-0.1, -0.05) is 13.0 Å². The summed E-state index contributed by atoms with van der Waals surface area (Å²) in [4.78, 5) is 21.8. The highest BCUT2D eigenvalue weighted by Crippen LogP contribution is 2.20. The molecule has 0 fully saturated rings. The van der Waals surface area contributed by atoms with E-state index in [0.717, 1.165) is 0 Å². The van der Waals surface area contributed by atoms with Crippen molar-refractivity contribution < 1.29 is 33.0 Å². The topological polar surface area (TPSA) is 86.6 Å². The van der Waals surface area contributed by atoms with Crippen LogP contribution in [-0.4, -0.2) is 34.3 Å². The van der Waals surface area contributed by atoms with Crippen molar-refractivity contribution in [3.8, 4) is 5.75 Å². The number of amides is 1. The standard InChI is InChI=1S/C13H14F3NO4/c1-2-7-5-9(18)4-3-8(7)6-10(11(19)20)17-12(21)13(14,15)16/h3-5,10,18H,2,6H2,1H3,(H,17,21)(H,19,20)/t10-/m0/s1. The number of carboxylic acid groups (broad SMARTS) is 1. The molecule has 21 heavy (non-hydrogen) atoms. The highest BCUT2D eigenvalue weighted by atomic mass is 19.4. The van der Waals surface area contributed by atoms with Crippen LogP contribution in [0.2, 0.25) is 0 Å². The number of carboxylic acids is 1. The van der Waals surface area contributed by atoms with Crippen LogP contribution in [0.25, 0.3) is 0 Å². The lowest BCUT2D eigenvalue weighted by Gasteiger charge is -2.17. The molecule has 0 radical (unpaired) electrons. The lowest BCUT2D eigenvalue weighted by atomic mass is 9.98. The molecule has 1 rings (SSSR count). The number of aliphatic carboxylic acids is 1. The third-order valence-corrected chi connectivity index (χ3v) is 2.86. The second kappa shape index (κ2) is 6.47. The monoisotopic (exact) mass is 305 g/mol. The van der Waals surface area contributed by atoms with E-state index < -0.39 is 24.1 Å². The van der Waals surface area contributed by atoms with Gasteiger partial charge in [0.25, 0.3) is 0 Å². The van der Waals surface area contributed by atoms with E-state index >= 15 is 0 Å². The molecule has 0 aliphatic heterocycles. The summed E-state index contributed by atoms with van der Waals surface area (Å²) < 4.78 is 36.5. The molecule has 8 heteroatoms. The van der Waals surface area contributed by atoms with Gasteiger partial charge in [-0.3, -0.25) is 4.79 Å². The maximum Gasteiger partial charge on any atom is 0.471 e. The fourth-order valence-corrected chi connectivity index (χ4v) is 1.80. The van der Waals surface area contributed by atoms with E-state index in [4.69, 9.17) is 5.11 Å². The van der Waals surface area contributed by atoms with Crippen LogP contribution in [-0.2, 0) is 22.4 Å². The van der Waals surface area contributed by atoms with Crippen LogP contribution in [0.1, 0.15) is 18.1 Å². The molecule has 0 heterocycles. The van der Waals surface area contributed by atoms with E-state index in [9.17, 15) is 27.9 Å². The molecule has 1 amide bonds. The van der Waals surface area contributed by atoms with Crippen molar-refractivity contribution in [2.24, 2.45) is 0 Å². The number of carbonyl (C=O) groups excluding carboxylic acids is 1. The number of nitrogens with one attached hydrogen (secondary N) is 1. The Morgan fingerprint density at radius 1 is 1.29 bits per heavy atom. The highest BCUT2D eigenvalue weighted by Gasteiger charge is 2.40. The summed E-state index contributed by atoms with van der Waals surface area (Å²) in [5.74, 6) is -3.89. The molecular weight excluding hydrogens is 291 g/mol. The molecule has 5 nitrogen and oxygen atoms in total. The Kier molecular flexibility index (Phi) is 5.17. The number of hydrogen-bond acceptors (Lipinski definition) is 3. The smallest absolute Gasteiger partial charge is 0.471 e. The summed E-state index contributed by atoms with van der Waals surface area (Å²) >= 11 is 0. The van der Waals surface area contributed by atoms with Crippen LogP contribution >= 0.6 is 0 Å². The fourth-order valence-electron chi connectivity index (χ4n) is 1.80. The number of carbonyl (C=O) groups is 2. The Balaban J connectivity index is 2.94. The predicted molar refractivity (Wildman–Crippen MR) is 66.8 cm³/mol. The van der Waals surface area contributed by atoms with Crippen molar-refractivity contribution in [1.29, 1.82) is 0 Å². The zero-order valence-electron chi connectivity index (χ0n) is 11.1. The minimum Gasteiger partial charge on any atom is -0.508 e. The number of phenols is 1. The van der Waals surface area contributed by atoms with E-state index in [1.165, 1.54) is 23.5 Å². The summed E-state index contributed by atoms with van der Waals surface area (Å²) in [5, 5.41) is 19.7. The fraction of sp³-hybridized carbons (Fsp3) is 0.385.